The second kappa shape index (κ2) is 7.29. The average molecular weight is 276 g/mol. The fraction of sp³-hybridized carbons (Fsp3) is 0.500. The molecule has 0 saturated heterocycles. The van der Waals surface area contributed by atoms with Crippen molar-refractivity contribution < 1.29 is 23.0 Å². The van der Waals surface area contributed by atoms with Crippen LogP contribution in [0.25, 0.3) is 0 Å². The quantitative estimate of drug-likeness (QED) is 0.776. The molecule has 1 amide bonds. The van der Waals surface area contributed by atoms with Gasteiger partial charge in [-0.2, -0.15) is 8.78 Å². The number of aromatic nitrogens is 2. The first-order valence-corrected chi connectivity index (χ1v) is 5.40. The van der Waals surface area contributed by atoms with Gasteiger partial charge in [-0.3, -0.25) is 0 Å². The molecule has 0 aliphatic carbocycles. The van der Waals surface area contributed by atoms with Gasteiger partial charge in [-0.05, 0) is 0 Å². The van der Waals surface area contributed by atoms with E-state index in [9.17, 15) is 13.6 Å². The molecular weight excluding hydrogens is 262 g/mol. The van der Waals surface area contributed by atoms with Gasteiger partial charge in [0, 0.05) is 12.5 Å². The molecule has 0 aromatic carbocycles. The van der Waals surface area contributed by atoms with Crippen molar-refractivity contribution >= 4 is 12.0 Å². The highest BCUT2D eigenvalue weighted by atomic mass is 19.3. The van der Waals surface area contributed by atoms with E-state index in [4.69, 9.17) is 5.73 Å². The Bertz CT molecular complexity index is 402. The fourth-order valence-electron chi connectivity index (χ4n) is 1.12. The van der Waals surface area contributed by atoms with Crippen LogP contribution in [0.2, 0.25) is 0 Å². The van der Waals surface area contributed by atoms with Crippen LogP contribution >= 0.6 is 0 Å². The Balaban J connectivity index is 2.35. The van der Waals surface area contributed by atoms with Crippen LogP contribution < -0.4 is 15.8 Å². The summed E-state index contributed by atoms with van der Waals surface area (Å²) in [6, 6.07) is 0. The highest BCUT2D eigenvalue weighted by molar-refractivity contribution is 5.64. The lowest BCUT2D eigenvalue weighted by molar-refractivity contribution is -0.0503. The second-order valence-corrected chi connectivity index (χ2v) is 3.74. The highest BCUT2D eigenvalue weighted by Crippen LogP contribution is 2.12. The van der Waals surface area contributed by atoms with Crippen molar-refractivity contribution in [2.75, 3.05) is 18.5 Å². The Hall–Kier alpha value is -2.19. The van der Waals surface area contributed by atoms with E-state index in [0.29, 0.717) is 6.54 Å². The molecule has 1 unspecified atom stereocenters. The lowest BCUT2D eigenvalue weighted by atomic mass is 10.2. The summed E-state index contributed by atoms with van der Waals surface area (Å²) in [7, 11) is 0. The molecule has 0 fully saturated rings. The lowest BCUT2D eigenvalue weighted by Crippen LogP contribution is -2.22. The van der Waals surface area contributed by atoms with E-state index in [1.54, 1.807) is 0 Å². The van der Waals surface area contributed by atoms with E-state index < -0.39 is 12.7 Å². The van der Waals surface area contributed by atoms with Crippen LogP contribution in [0.15, 0.2) is 12.4 Å². The number of nitrogens with one attached hydrogen (secondary N) is 1. The molecule has 1 rings (SSSR count). The number of ether oxygens (including phenoxy) is 2. The third kappa shape index (κ3) is 6.34. The zero-order valence-corrected chi connectivity index (χ0v) is 10.2. The van der Waals surface area contributed by atoms with Gasteiger partial charge in [0.05, 0.1) is 19.0 Å². The predicted molar refractivity (Wildman–Crippen MR) is 61.9 cm³/mol. The van der Waals surface area contributed by atoms with Gasteiger partial charge in [0.25, 0.3) is 0 Å². The Labute approximate surface area is 108 Å². The van der Waals surface area contributed by atoms with Crippen LogP contribution in [0.5, 0.6) is 5.75 Å². The summed E-state index contributed by atoms with van der Waals surface area (Å²) in [6.07, 6.45) is 1.43. The van der Waals surface area contributed by atoms with Gasteiger partial charge in [-0.25, -0.2) is 14.8 Å². The Morgan fingerprint density at radius 3 is 2.63 bits per heavy atom. The number of amides is 1. The SMILES string of the molecule is CC(CNc1ncc(OC(F)F)cn1)COC(N)=O. The van der Waals surface area contributed by atoms with Gasteiger partial charge in [-0.1, -0.05) is 6.92 Å². The number of nitrogens with two attached hydrogens (primary N) is 1. The van der Waals surface area contributed by atoms with Crippen LogP contribution in [0.3, 0.4) is 0 Å². The van der Waals surface area contributed by atoms with Crippen LogP contribution in [-0.2, 0) is 4.74 Å². The zero-order chi connectivity index (χ0) is 14.3. The van der Waals surface area contributed by atoms with Gasteiger partial charge in [0.1, 0.15) is 0 Å². The molecule has 0 aliphatic rings. The lowest BCUT2D eigenvalue weighted by Gasteiger charge is -2.12. The molecule has 0 saturated carbocycles. The minimum absolute atomic E-state index is 0.00640. The number of alkyl halides is 2. The molecular formula is C10H14F2N4O3. The number of anilines is 1. The second-order valence-electron chi connectivity index (χ2n) is 3.74. The van der Waals surface area contributed by atoms with Gasteiger partial charge in [0.2, 0.25) is 5.95 Å². The van der Waals surface area contributed by atoms with Crippen molar-refractivity contribution in [1.82, 2.24) is 9.97 Å². The maximum atomic E-state index is 11.9. The van der Waals surface area contributed by atoms with E-state index in [2.05, 4.69) is 24.8 Å². The molecule has 1 aromatic rings. The number of rotatable bonds is 7. The van der Waals surface area contributed by atoms with Crippen molar-refractivity contribution in [2.24, 2.45) is 11.7 Å². The summed E-state index contributed by atoms with van der Waals surface area (Å²) in [5.74, 6) is 0.131. The fourth-order valence-corrected chi connectivity index (χ4v) is 1.12. The monoisotopic (exact) mass is 276 g/mol. The minimum Gasteiger partial charge on any atom is -0.449 e. The van der Waals surface area contributed by atoms with Crippen molar-refractivity contribution in [2.45, 2.75) is 13.5 Å². The standard InChI is InChI=1S/C10H14F2N4O3/c1-6(5-18-9(13)17)2-14-10-15-3-7(4-16-10)19-8(11)12/h3-4,6,8H,2,5H2,1H3,(H2,13,17)(H,14,15,16). The number of hydrogen-bond donors (Lipinski definition) is 2. The number of primary amides is 1. The molecule has 0 bridgehead atoms. The molecule has 7 nitrogen and oxygen atoms in total. The minimum atomic E-state index is -2.91. The van der Waals surface area contributed by atoms with E-state index in [-0.39, 0.29) is 24.2 Å². The largest absolute Gasteiger partial charge is 0.449 e. The van der Waals surface area contributed by atoms with Gasteiger partial charge in [0.15, 0.2) is 5.75 Å². The third-order valence-corrected chi connectivity index (χ3v) is 1.97. The molecule has 3 N–H and O–H groups in total. The maximum Gasteiger partial charge on any atom is 0.404 e. The van der Waals surface area contributed by atoms with Crippen LogP contribution in [-0.4, -0.2) is 35.8 Å². The molecule has 106 valence electrons. The first-order valence-electron chi connectivity index (χ1n) is 5.40. The first kappa shape index (κ1) is 14.9. The number of hydrogen-bond acceptors (Lipinski definition) is 6. The van der Waals surface area contributed by atoms with Crippen molar-refractivity contribution in [3.8, 4) is 5.75 Å². The zero-order valence-electron chi connectivity index (χ0n) is 10.2. The maximum absolute atomic E-state index is 11.9. The van der Waals surface area contributed by atoms with Gasteiger partial charge < -0.3 is 20.5 Å². The van der Waals surface area contributed by atoms with E-state index in [1.165, 1.54) is 0 Å². The number of carbonyl (C=O) groups excluding carboxylic acids is 1. The molecule has 9 heteroatoms. The number of halogens is 2. The smallest absolute Gasteiger partial charge is 0.404 e. The molecule has 0 aliphatic heterocycles. The van der Waals surface area contributed by atoms with Crippen molar-refractivity contribution in [3.05, 3.63) is 12.4 Å². The summed E-state index contributed by atoms with van der Waals surface area (Å²) in [5, 5.41) is 2.85. The van der Waals surface area contributed by atoms with Crippen LogP contribution in [0.1, 0.15) is 6.92 Å². The van der Waals surface area contributed by atoms with E-state index >= 15 is 0 Å². The summed E-state index contributed by atoms with van der Waals surface area (Å²) in [4.78, 5) is 18.0. The molecule has 1 atom stereocenters. The van der Waals surface area contributed by atoms with Crippen molar-refractivity contribution in [1.29, 1.82) is 0 Å². The van der Waals surface area contributed by atoms with E-state index in [0.717, 1.165) is 12.4 Å². The normalized spacial score (nSPS) is 12.0. The Morgan fingerprint density at radius 2 is 2.11 bits per heavy atom. The Kier molecular flexibility index (Phi) is 5.71. The number of carbonyl (C=O) groups is 1. The van der Waals surface area contributed by atoms with Crippen LogP contribution in [0, 0.1) is 5.92 Å². The van der Waals surface area contributed by atoms with Gasteiger partial charge in [-0.15, -0.1) is 0 Å². The number of nitrogens with zero attached hydrogens (tertiary/aromatic N) is 2. The summed E-state index contributed by atoms with van der Waals surface area (Å²) < 4.78 is 32.5. The average Bonchev–Trinajstić information content (AvgIpc) is 2.35. The van der Waals surface area contributed by atoms with Gasteiger partial charge >= 0.3 is 12.7 Å². The molecule has 0 radical (unpaired) electrons. The first-order chi connectivity index (χ1) is 8.97. The highest BCUT2D eigenvalue weighted by Gasteiger charge is 2.07. The molecule has 1 heterocycles. The summed E-state index contributed by atoms with van der Waals surface area (Å²) in [5.41, 5.74) is 4.82. The topological polar surface area (TPSA) is 99.4 Å². The third-order valence-electron chi connectivity index (χ3n) is 1.97. The van der Waals surface area contributed by atoms with Crippen molar-refractivity contribution in [3.63, 3.8) is 0 Å². The Morgan fingerprint density at radius 1 is 1.47 bits per heavy atom. The summed E-state index contributed by atoms with van der Waals surface area (Å²) in [6.45, 7) is -0.491. The van der Waals surface area contributed by atoms with E-state index in [1.807, 2.05) is 6.92 Å². The summed E-state index contributed by atoms with van der Waals surface area (Å²) >= 11 is 0. The molecule has 0 spiro atoms. The molecule has 19 heavy (non-hydrogen) atoms. The van der Waals surface area contributed by atoms with Crippen LogP contribution in [0.4, 0.5) is 19.5 Å². The predicted octanol–water partition coefficient (Wildman–Crippen LogP) is 1.22. The molecule has 1 aromatic heterocycles.